The number of aromatic nitrogens is 3. The zero-order chi connectivity index (χ0) is 35.7. The average molecular weight is 703 g/mol. The van der Waals surface area contributed by atoms with E-state index in [4.69, 9.17) is 0 Å². The van der Waals surface area contributed by atoms with Crippen LogP contribution in [-0.4, -0.2) is 22.3 Å². The molecule has 4 aliphatic heterocycles. The summed E-state index contributed by atoms with van der Waals surface area (Å²) < 4.78 is 7.76. The second kappa shape index (κ2) is 9.51. The molecular formula is C50H32N5+. The molecule has 256 valence electrons. The summed E-state index contributed by atoms with van der Waals surface area (Å²) in [6.07, 6.45) is 2.31. The lowest BCUT2D eigenvalue weighted by molar-refractivity contribution is -0.724. The van der Waals surface area contributed by atoms with E-state index in [1.54, 1.807) is 0 Å². The van der Waals surface area contributed by atoms with Crippen LogP contribution in [0.4, 0.5) is 17.1 Å². The Bertz CT molecular complexity index is 3340. The number of anilines is 3. The number of hydrogen-bond donors (Lipinski definition) is 0. The van der Waals surface area contributed by atoms with Crippen LogP contribution in [0.25, 0.3) is 77.4 Å². The first kappa shape index (κ1) is 28.4. The number of pyridine rings is 1. The first-order valence-corrected chi connectivity index (χ1v) is 19.2. The Kier molecular flexibility index (Phi) is 4.91. The van der Waals surface area contributed by atoms with Crippen molar-refractivity contribution in [3.8, 4) is 33.6 Å². The third kappa shape index (κ3) is 3.09. The summed E-state index contributed by atoms with van der Waals surface area (Å²) in [5.74, 6) is 0. The maximum atomic E-state index is 2.66. The van der Waals surface area contributed by atoms with E-state index >= 15 is 0 Å². The molecule has 1 spiro atoms. The molecule has 5 heteroatoms. The Balaban J connectivity index is 1.09. The smallest absolute Gasteiger partial charge is 0.296 e. The Hall–Kier alpha value is -7.11. The summed E-state index contributed by atoms with van der Waals surface area (Å²) >= 11 is 0. The minimum absolute atomic E-state index is 0.0483. The third-order valence-corrected chi connectivity index (χ3v) is 13.3. The maximum absolute atomic E-state index is 2.66. The van der Waals surface area contributed by atoms with Crippen molar-refractivity contribution in [2.45, 2.75) is 11.7 Å². The van der Waals surface area contributed by atoms with Crippen molar-refractivity contribution in [1.82, 2.24) is 9.13 Å². The van der Waals surface area contributed by atoms with E-state index in [1.165, 1.54) is 106 Å². The van der Waals surface area contributed by atoms with Gasteiger partial charge in [-0.3, -0.25) is 0 Å². The molecule has 14 rings (SSSR count). The van der Waals surface area contributed by atoms with Crippen LogP contribution in [0, 0.1) is 0 Å². The van der Waals surface area contributed by atoms with Crippen molar-refractivity contribution in [2.75, 3.05) is 16.8 Å². The first-order valence-electron chi connectivity index (χ1n) is 19.2. The van der Waals surface area contributed by atoms with Gasteiger partial charge in [0.15, 0.2) is 6.17 Å². The SMILES string of the molecule is CN1c2cc(-c3ccc(-c4ccccc4)cc3)ccc2N2c3ccc4c5ccccc5n5c4c3C3(c4c-5cccc4-n4c5ccccc5c5ccc[n+]3c54)C12. The van der Waals surface area contributed by atoms with Crippen molar-refractivity contribution in [3.05, 3.63) is 181 Å². The molecule has 2 atom stereocenters. The highest BCUT2D eigenvalue weighted by Gasteiger charge is 2.68. The lowest BCUT2D eigenvalue weighted by Gasteiger charge is -2.43. The number of rotatable bonds is 2. The van der Waals surface area contributed by atoms with Crippen molar-refractivity contribution in [1.29, 1.82) is 0 Å². The summed E-state index contributed by atoms with van der Waals surface area (Å²) in [4.78, 5) is 5.23. The van der Waals surface area contributed by atoms with Gasteiger partial charge in [-0.1, -0.05) is 103 Å². The molecule has 0 fully saturated rings. The summed E-state index contributed by atoms with van der Waals surface area (Å²) in [5.41, 5.74) is 18.4. The highest BCUT2D eigenvalue weighted by atomic mass is 15.5. The highest BCUT2D eigenvalue weighted by Crippen LogP contribution is 2.64. The fourth-order valence-corrected chi connectivity index (χ4v) is 11.2. The molecule has 0 radical (unpaired) electrons. The highest BCUT2D eigenvalue weighted by molar-refractivity contribution is 6.15. The Morgan fingerprint density at radius 1 is 0.455 bits per heavy atom. The molecule has 55 heavy (non-hydrogen) atoms. The van der Waals surface area contributed by atoms with Gasteiger partial charge in [0.2, 0.25) is 5.54 Å². The van der Waals surface area contributed by atoms with Gasteiger partial charge in [-0.25, -0.2) is 4.57 Å². The molecule has 0 bridgehead atoms. The minimum atomic E-state index is -0.555. The maximum Gasteiger partial charge on any atom is 0.296 e. The molecule has 3 aromatic heterocycles. The van der Waals surface area contributed by atoms with Gasteiger partial charge in [-0.05, 0) is 82.9 Å². The molecule has 0 saturated carbocycles. The molecule has 4 aliphatic rings. The Morgan fingerprint density at radius 3 is 1.87 bits per heavy atom. The molecule has 2 unspecified atom stereocenters. The van der Waals surface area contributed by atoms with Crippen LogP contribution in [0.2, 0.25) is 0 Å². The van der Waals surface area contributed by atoms with Crippen LogP contribution in [0.1, 0.15) is 11.1 Å². The van der Waals surface area contributed by atoms with E-state index in [0.29, 0.717) is 0 Å². The summed E-state index contributed by atoms with van der Waals surface area (Å²) in [6, 6.07) is 61.0. The fourth-order valence-electron chi connectivity index (χ4n) is 11.2. The van der Waals surface area contributed by atoms with Crippen LogP contribution in [0.15, 0.2) is 170 Å². The molecule has 0 aliphatic carbocycles. The van der Waals surface area contributed by atoms with E-state index in [9.17, 15) is 0 Å². The number of likely N-dealkylation sites (N-methyl/N-ethyl adjacent to an activating group) is 1. The summed E-state index contributed by atoms with van der Waals surface area (Å²) in [5, 5.41) is 5.16. The fraction of sp³-hybridized carbons (Fsp3) is 0.0600. The lowest BCUT2D eigenvalue weighted by atomic mass is 9.75. The van der Waals surface area contributed by atoms with Crippen molar-refractivity contribution in [3.63, 3.8) is 0 Å². The van der Waals surface area contributed by atoms with Gasteiger partial charge in [-0.15, -0.1) is 0 Å². The van der Waals surface area contributed by atoms with Gasteiger partial charge in [0.05, 0.1) is 56.5 Å². The van der Waals surface area contributed by atoms with Crippen LogP contribution in [-0.2, 0) is 5.54 Å². The van der Waals surface area contributed by atoms with Gasteiger partial charge in [0.25, 0.3) is 5.65 Å². The summed E-state index contributed by atoms with van der Waals surface area (Å²) in [6.45, 7) is 0. The molecule has 10 aromatic rings. The van der Waals surface area contributed by atoms with E-state index in [2.05, 4.69) is 201 Å². The quantitative estimate of drug-likeness (QED) is 0.167. The zero-order valence-corrected chi connectivity index (χ0v) is 30.0. The first-order chi connectivity index (χ1) is 27.2. The molecule has 0 N–H and O–H groups in total. The van der Waals surface area contributed by atoms with E-state index in [0.717, 1.165) is 0 Å². The molecule has 0 saturated heterocycles. The van der Waals surface area contributed by atoms with Crippen LogP contribution >= 0.6 is 0 Å². The molecule has 5 nitrogen and oxygen atoms in total. The average Bonchev–Trinajstić information content (AvgIpc) is 3.95. The second-order valence-electron chi connectivity index (χ2n) is 15.6. The molecular weight excluding hydrogens is 671 g/mol. The second-order valence-corrected chi connectivity index (χ2v) is 15.6. The van der Waals surface area contributed by atoms with Gasteiger partial charge >= 0.3 is 0 Å². The predicted octanol–water partition coefficient (Wildman–Crippen LogP) is 10.8. The van der Waals surface area contributed by atoms with E-state index in [-0.39, 0.29) is 6.17 Å². The van der Waals surface area contributed by atoms with E-state index in [1.807, 2.05) is 0 Å². The van der Waals surface area contributed by atoms with Gasteiger partial charge in [0.1, 0.15) is 11.2 Å². The monoisotopic (exact) mass is 702 g/mol. The number of nitrogens with zero attached hydrogens (tertiary/aromatic N) is 5. The normalized spacial score (nSPS) is 18.1. The number of benzene rings is 7. The zero-order valence-electron chi connectivity index (χ0n) is 30.0. The topological polar surface area (TPSA) is 20.2 Å². The van der Waals surface area contributed by atoms with E-state index < -0.39 is 5.54 Å². The minimum Gasteiger partial charge on any atom is -0.348 e. The van der Waals surface area contributed by atoms with Crippen LogP contribution in [0.3, 0.4) is 0 Å². The van der Waals surface area contributed by atoms with Crippen LogP contribution < -0.4 is 14.4 Å². The van der Waals surface area contributed by atoms with Crippen LogP contribution in [0.5, 0.6) is 0 Å². The summed E-state index contributed by atoms with van der Waals surface area (Å²) in [7, 11) is 2.32. The molecule has 7 aromatic carbocycles. The van der Waals surface area contributed by atoms with Gasteiger partial charge in [-0.2, -0.15) is 4.57 Å². The Morgan fingerprint density at radius 2 is 1.07 bits per heavy atom. The van der Waals surface area contributed by atoms with Crippen molar-refractivity contribution < 1.29 is 4.57 Å². The number of hydrogen-bond acceptors (Lipinski definition) is 2. The lowest BCUT2D eigenvalue weighted by Crippen LogP contribution is -2.70. The largest absolute Gasteiger partial charge is 0.348 e. The number of fused-ring (bicyclic) bond motifs is 12. The predicted molar refractivity (Wildman–Crippen MR) is 223 cm³/mol. The third-order valence-electron chi connectivity index (χ3n) is 13.3. The van der Waals surface area contributed by atoms with Crippen molar-refractivity contribution >= 4 is 60.8 Å². The van der Waals surface area contributed by atoms with Gasteiger partial charge in [0, 0.05) is 23.2 Å². The van der Waals surface area contributed by atoms with Crippen molar-refractivity contribution in [2.24, 2.45) is 0 Å². The van der Waals surface area contributed by atoms with Gasteiger partial charge < -0.3 is 14.4 Å². The Labute approximate surface area is 316 Å². The standard InChI is InChI=1S/C50H32N5/c1-51-44-29-33(32-22-20-31(21-23-32)30-11-3-2-4-12-30)24-26-40(44)55-43-27-25-36-34-13-5-7-16-38(34)53-41-18-9-19-42-45(41)50(49(51)55,46(43)47(36)53)52-28-10-15-37-35-14-6-8-17-39(35)54(42)48(37)52/h2-29,49H,1H3/q+1. The number of para-hydroxylation sites is 2. The molecule has 0 amide bonds. The molecule has 7 heterocycles.